The van der Waals surface area contributed by atoms with Gasteiger partial charge < -0.3 is 20.4 Å². The van der Waals surface area contributed by atoms with Gasteiger partial charge in [0.25, 0.3) is 0 Å². The third-order valence-corrected chi connectivity index (χ3v) is 10.2. The van der Waals surface area contributed by atoms with E-state index in [1.807, 2.05) is 6.07 Å². The number of fused-ring (bicyclic) bond motifs is 2. The van der Waals surface area contributed by atoms with Gasteiger partial charge >= 0.3 is 0 Å². The quantitative estimate of drug-likeness (QED) is 0.217. The summed E-state index contributed by atoms with van der Waals surface area (Å²) in [5.74, 6) is 2.39. The Morgan fingerprint density at radius 2 is 1.34 bits per heavy atom. The van der Waals surface area contributed by atoms with Crippen molar-refractivity contribution in [1.82, 2.24) is 15.3 Å². The maximum absolute atomic E-state index is 6.43. The summed E-state index contributed by atoms with van der Waals surface area (Å²) >= 11 is 12.3. The van der Waals surface area contributed by atoms with Crippen molar-refractivity contribution in [1.29, 1.82) is 0 Å². The molecule has 3 aliphatic rings. The summed E-state index contributed by atoms with van der Waals surface area (Å²) in [6, 6.07) is 27.9. The number of anilines is 3. The maximum atomic E-state index is 6.43. The molecular formula is C36H39ClN6S. The predicted octanol–water partition coefficient (Wildman–Crippen LogP) is 7.44. The van der Waals surface area contributed by atoms with E-state index in [0.717, 1.165) is 75.1 Å². The molecule has 2 aliphatic heterocycles. The number of halogens is 1. The second-order valence-electron chi connectivity index (χ2n) is 12.4. The highest BCUT2D eigenvalue weighted by Gasteiger charge is 2.34. The largest absolute Gasteiger partial charge is 0.361 e. The van der Waals surface area contributed by atoms with E-state index in [4.69, 9.17) is 33.8 Å². The topological polar surface area (TPSA) is 56.3 Å². The van der Waals surface area contributed by atoms with Crippen molar-refractivity contribution < 1.29 is 0 Å². The van der Waals surface area contributed by atoms with Gasteiger partial charge in [0.05, 0.1) is 0 Å². The first-order valence-electron chi connectivity index (χ1n) is 15.9. The molecule has 0 radical (unpaired) electrons. The molecule has 7 rings (SSSR count). The van der Waals surface area contributed by atoms with Gasteiger partial charge in [0.1, 0.15) is 11.6 Å². The minimum atomic E-state index is 0.00510. The number of hydrogen-bond acceptors (Lipinski definition) is 5. The summed E-state index contributed by atoms with van der Waals surface area (Å²) in [5.41, 5.74) is 6.85. The van der Waals surface area contributed by atoms with Crippen molar-refractivity contribution in [3.05, 3.63) is 112 Å². The van der Waals surface area contributed by atoms with E-state index in [1.165, 1.54) is 47.1 Å². The fourth-order valence-electron chi connectivity index (χ4n) is 7.19. The number of rotatable bonds is 6. The Morgan fingerprint density at radius 1 is 0.750 bits per heavy atom. The van der Waals surface area contributed by atoms with E-state index in [-0.39, 0.29) is 5.41 Å². The van der Waals surface area contributed by atoms with Gasteiger partial charge in [-0.3, -0.25) is 0 Å². The number of aromatic nitrogens is 2. The summed E-state index contributed by atoms with van der Waals surface area (Å²) in [6.07, 6.45) is 7.93. The number of thiocarbonyl (C=S) groups is 1. The summed E-state index contributed by atoms with van der Waals surface area (Å²) < 4.78 is 0. The average Bonchev–Trinajstić information content (AvgIpc) is 3.07. The molecule has 0 bridgehead atoms. The molecule has 0 unspecified atom stereocenters. The summed E-state index contributed by atoms with van der Waals surface area (Å²) in [6.45, 7) is 4.25. The van der Waals surface area contributed by atoms with E-state index < -0.39 is 0 Å². The zero-order chi connectivity index (χ0) is 29.9. The smallest absolute Gasteiger partial charge is 0.232 e. The molecule has 226 valence electrons. The van der Waals surface area contributed by atoms with Gasteiger partial charge in [-0.15, -0.1) is 0 Å². The average molecular weight is 623 g/mol. The van der Waals surface area contributed by atoms with Crippen molar-refractivity contribution in [2.24, 2.45) is 0 Å². The van der Waals surface area contributed by atoms with E-state index >= 15 is 0 Å². The zero-order valence-electron chi connectivity index (χ0n) is 25.1. The molecule has 1 aromatic heterocycles. The van der Waals surface area contributed by atoms with E-state index in [1.54, 1.807) is 0 Å². The normalized spacial score (nSPS) is 17.4. The van der Waals surface area contributed by atoms with Gasteiger partial charge in [-0.1, -0.05) is 91.5 Å². The molecule has 1 aliphatic carbocycles. The third-order valence-electron chi connectivity index (χ3n) is 9.67. The number of nitrogens with zero attached hydrogens (tertiary/aromatic N) is 4. The van der Waals surface area contributed by atoms with E-state index in [2.05, 4.69) is 93.2 Å². The van der Waals surface area contributed by atoms with Crippen LogP contribution < -0.4 is 20.4 Å². The maximum Gasteiger partial charge on any atom is 0.232 e. The minimum Gasteiger partial charge on any atom is -0.361 e. The summed E-state index contributed by atoms with van der Waals surface area (Å²) in [7, 11) is 0. The van der Waals surface area contributed by atoms with Crippen LogP contribution in [0.25, 0.3) is 0 Å². The molecule has 0 amide bonds. The molecule has 6 nitrogen and oxygen atoms in total. The van der Waals surface area contributed by atoms with Crippen LogP contribution in [0.3, 0.4) is 0 Å². The summed E-state index contributed by atoms with van der Waals surface area (Å²) in [4.78, 5) is 14.8. The monoisotopic (exact) mass is 622 g/mol. The lowest BCUT2D eigenvalue weighted by Crippen LogP contribution is -2.43. The molecule has 1 fully saturated rings. The van der Waals surface area contributed by atoms with Gasteiger partial charge in [0.2, 0.25) is 5.95 Å². The molecule has 0 atom stereocenters. The Balaban J connectivity index is 1.13. The zero-order valence-corrected chi connectivity index (χ0v) is 26.6. The van der Waals surface area contributed by atoms with Crippen LogP contribution in [0.15, 0.2) is 78.9 Å². The standard InChI is InChI=1S/C36H39ClN6S/c37-31-14-8-13-30(21-31)36(17-6-1-7-18-36)25-38-35(44)41-34-39-32(42-19-15-26-9-2-4-11-28(26)23-42)22-33(40-34)43-20-16-27-10-3-5-12-29(27)24-43/h2-5,8-14,21-22H,1,6-7,15-20,23-25H2,(H2,38,39,40,41,44). The van der Waals surface area contributed by atoms with Gasteiger partial charge in [0, 0.05) is 49.2 Å². The van der Waals surface area contributed by atoms with Crippen LogP contribution in [0.4, 0.5) is 17.6 Å². The van der Waals surface area contributed by atoms with Crippen molar-refractivity contribution in [2.45, 2.75) is 63.5 Å². The Kier molecular flexibility index (Phi) is 8.41. The molecule has 1 saturated carbocycles. The number of nitrogens with one attached hydrogen (secondary N) is 2. The molecule has 0 saturated heterocycles. The van der Waals surface area contributed by atoms with Crippen LogP contribution in [0, 0.1) is 0 Å². The van der Waals surface area contributed by atoms with E-state index in [9.17, 15) is 0 Å². The van der Waals surface area contributed by atoms with Crippen molar-refractivity contribution in [3.8, 4) is 0 Å². The van der Waals surface area contributed by atoms with Gasteiger partial charge in [-0.25, -0.2) is 0 Å². The SMILES string of the molecule is S=C(NCC1(c2cccc(Cl)c2)CCCCC1)Nc1nc(N2CCc3ccccc3C2)cc(N2CCc3ccccc3C2)n1. The molecule has 2 N–H and O–H groups in total. The second kappa shape index (κ2) is 12.7. The van der Waals surface area contributed by atoms with Crippen LogP contribution in [0.1, 0.15) is 59.9 Å². The van der Waals surface area contributed by atoms with Crippen LogP contribution in [-0.4, -0.2) is 34.7 Å². The third kappa shape index (κ3) is 6.26. The van der Waals surface area contributed by atoms with Crippen molar-refractivity contribution >= 4 is 46.5 Å². The Labute approximate surface area is 270 Å². The molecule has 0 spiro atoms. The van der Waals surface area contributed by atoms with Gasteiger partial charge in [0.15, 0.2) is 5.11 Å². The first-order valence-corrected chi connectivity index (χ1v) is 16.7. The Morgan fingerprint density at radius 3 is 1.93 bits per heavy atom. The van der Waals surface area contributed by atoms with Crippen LogP contribution in [0.2, 0.25) is 5.02 Å². The van der Waals surface area contributed by atoms with Crippen LogP contribution >= 0.6 is 23.8 Å². The number of benzene rings is 3. The Bertz CT molecular complexity index is 1580. The molecule has 3 aromatic carbocycles. The highest BCUT2D eigenvalue weighted by atomic mass is 35.5. The van der Waals surface area contributed by atoms with Crippen LogP contribution in [0.5, 0.6) is 0 Å². The predicted molar refractivity (Wildman–Crippen MR) is 185 cm³/mol. The number of hydrogen-bond donors (Lipinski definition) is 2. The van der Waals surface area contributed by atoms with E-state index in [0.29, 0.717) is 11.1 Å². The van der Waals surface area contributed by atoms with Crippen molar-refractivity contribution in [2.75, 3.05) is 34.8 Å². The Hall–Kier alpha value is -3.68. The fraction of sp³-hybridized carbons (Fsp3) is 0.361. The molecular weight excluding hydrogens is 584 g/mol. The second-order valence-corrected chi connectivity index (χ2v) is 13.3. The van der Waals surface area contributed by atoms with Gasteiger partial charge in [-0.05, 0) is 77.9 Å². The molecule has 44 heavy (non-hydrogen) atoms. The molecule has 8 heteroatoms. The lowest BCUT2D eigenvalue weighted by atomic mass is 9.69. The van der Waals surface area contributed by atoms with Crippen molar-refractivity contribution in [3.63, 3.8) is 0 Å². The lowest BCUT2D eigenvalue weighted by molar-refractivity contribution is 0.292. The summed E-state index contributed by atoms with van der Waals surface area (Å²) in [5, 5.41) is 8.26. The lowest BCUT2D eigenvalue weighted by Gasteiger charge is -2.38. The first-order chi connectivity index (χ1) is 21.5. The molecule has 4 aromatic rings. The molecule has 3 heterocycles. The van der Waals surface area contributed by atoms with Crippen LogP contribution in [-0.2, 0) is 31.3 Å². The highest BCUT2D eigenvalue weighted by Crippen LogP contribution is 2.40. The van der Waals surface area contributed by atoms with Gasteiger partial charge in [-0.2, -0.15) is 9.97 Å². The highest BCUT2D eigenvalue weighted by molar-refractivity contribution is 7.80. The fourth-order valence-corrected chi connectivity index (χ4v) is 7.55. The minimum absolute atomic E-state index is 0.00510. The first kappa shape index (κ1) is 29.1.